The summed E-state index contributed by atoms with van der Waals surface area (Å²) in [5.41, 5.74) is 5.45. The fourth-order valence-corrected chi connectivity index (χ4v) is 7.65. The third-order valence-electron chi connectivity index (χ3n) is 9.96. The van der Waals surface area contributed by atoms with Gasteiger partial charge in [-0.1, -0.05) is 103 Å². The summed E-state index contributed by atoms with van der Waals surface area (Å²) in [5, 5.41) is 42.6. The average Bonchev–Trinajstić information content (AvgIpc) is 3.72. The Morgan fingerprint density at radius 1 is 0.945 bits per heavy atom. The SMILES string of the molecule is CCCCCCCCCCCCCCCCCCOC[C@H](COc1ccc(C#N)nn1)OP(=O)(O)OC[C@H]1O[C@@](C)(c2ccc3c(N)ncnn23)[C@H](O)[C@@H]1O. The van der Waals surface area contributed by atoms with Crippen LogP contribution in [0.3, 0.4) is 0 Å². The molecular formula is C38H60N7O9P. The summed E-state index contributed by atoms with van der Waals surface area (Å²) in [7, 11) is -4.78. The number of phosphoric ester groups is 1. The summed E-state index contributed by atoms with van der Waals surface area (Å²) in [6.07, 6.45) is 16.3. The lowest BCUT2D eigenvalue weighted by Gasteiger charge is -2.27. The van der Waals surface area contributed by atoms with Crippen LogP contribution in [0.25, 0.3) is 5.52 Å². The number of aromatic nitrogens is 5. The number of anilines is 1. The van der Waals surface area contributed by atoms with Crippen molar-refractivity contribution >= 4 is 19.2 Å². The number of phosphoric acid groups is 1. The molecule has 17 heteroatoms. The van der Waals surface area contributed by atoms with Crippen LogP contribution in [0.5, 0.6) is 5.88 Å². The van der Waals surface area contributed by atoms with E-state index >= 15 is 0 Å². The third-order valence-corrected chi connectivity index (χ3v) is 11.0. The van der Waals surface area contributed by atoms with Gasteiger partial charge >= 0.3 is 7.82 Å². The van der Waals surface area contributed by atoms with E-state index in [9.17, 15) is 19.7 Å². The zero-order valence-corrected chi connectivity index (χ0v) is 33.2. The molecular weight excluding hydrogens is 729 g/mol. The van der Waals surface area contributed by atoms with Gasteiger partial charge in [0, 0.05) is 12.7 Å². The normalized spacial score (nSPS) is 21.4. The van der Waals surface area contributed by atoms with Crippen molar-refractivity contribution in [3.8, 4) is 11.9 Å². The van der Waals surface area contributed by atoms with Gasteiger partial charge in [-0.3, -0.25) is 9.05 Å². The summed E-state index contributed by atoms with van der Waals surface area (Å²) in [6, 6.07) is 8.06. The fourth-order valence-electron chi connectivity index (χ4n) is 6.75. The number of aliphatic hydroxyl groups excluding tert-OH is 2. The zero-order chi connectivity index (χ0) is 39.5. The molecule has 0 spiro atoms. The van der Waals surface area contributed by atoms with Crippen LogP contribution in [-0.2, 0) is 28.7 Å². The molecule has 6 atom stereocenters. The lowest BCUT2D eigenvalue weighted by atomic mass is 9.93. The minimum absolute atomic E-state index is 0.0814. The molecule has 1 saturated heterocycles. The number of nitriles is 1. The van der Waals surface area contributed by atoms with E-state index in [1.807, 2.05) is 6.07 Å². The number of nitrogens with two attached hydrogens (primary N) is 1. The molecule has 0 saturated carbocycles. The molecule has 55 heavy (non-hydrogen) atoms. The first-order valence-electron chi connectivity index (χ1n) is 19.8. The Morgan fingerprint density at radius 2 is 1.58 bits per heavy atom. The van der Waals surface area contributed by atoms with Crippen LogP contribution in [-0.4, -0.2) is 90.7 Å². The number of fused-ring (bicyclic) bond motifs is 1. The van der Waals surface area contributed by atoms with Gasteiger partial charge in [0.05, 0.1) is 18.9 Å². The van der Waals surface area contributed by atoms with Crippen LogP contribution < -0.4 is 10.5 Å². The summed E-state index contributed by atoms with van der Waals surface area (Å²) >= 11 is 0. The third kappa shape index (κ3) is 14.0. The molecule has 1 fully saturated rings. The molecule has 1 unspecified atom stereocenters. The molecule has 0 aliphatic carbocycles. The van der Waals surface area contributed by atoms with Crippen molar-refractivity contribution in [2.45, 2.75) is 147 Å². The molecule has 4 rings (SSSR count). The zero-order valence-electron chi connectivity index (χ0n) is 32.3. The van der Waals surface area contributed by atoms with Crippen molar-refractivity contribution in [3.05, 3.63) is 42.0 Å². The predicted octanol–water partition coefficient (Wildman–Crippen LogP) is 6.17. The van der Waals surface area contributed by atoms with Crippen molar-refractivity contribution in [1.29, 1.82) is 5.26 Å². The van der Waals surface area contributed by atoms with E-state index in [-0.39, 0.29) is 30.6 Å². The molecule has 0 amide bonds. The molecule has 3 aromatic heterocycles. The summed E-state index contributed by atoms with van der Waals surface area (Å²) in [5.74, 6) is 0.301. The number of hydrogen-bond donors (Lipinski definition) is 4. The number of aliphatic hydroxyl groups is 2. The number of nitrogens with zero attached hydrogens (tertiary/aromatic N) is 6. The first-order chi connectivity index (χ1) is 26.6. The van der Waals surface area contributed by atoms with E-state index in [1.54, 1.807) is 19.1 Å². The van der Waals surface area contributed by atoms with Gasteiger partial charge < -0.3 is 35.1 Å². The Hall–Kier alpha value is -3.26. The van der Waals surface area contributed by atoms with Gasteiger partial charge in [0.2, 0.25) is 5.88 Å². The standard InChI is InChI=1S/C38H60N7O9P/c1-3-4-5-6-7-8-9-10-11-12-13-14-15-16-17-18-23-50-25-30(26-51-34-22-19-29(24-39)43-44-34)54-55(48,49)52-27-32-35(46)36(47)38(2,53-32)33-21-20-31-37(40)41-28-42-45(31)33/h19-22,28,30,32,35-36,46-47H,3-18,23,25-27H2,1-2H3,(H,48,49)(H2,40,41,42)/t30-,32-,35-,36-,38+/m1/s1. The van der Waals surface area contributed by atoms with E-state index in [2.05, 4.69) is 27.2 Å². The molecule has 3 aromatic rings. The highest BCUT2D eigenvalue weighted by Gasteiger charge is 2.54. The molecule has 5 N–H and O–H groups in total. The van der Waals surface area contributed by atoms with Gasteiger partial charge in [0.25, 0.3) is 0 Å². The Kier molecular flexibility index (Phi) is 18.7. The van der Waals surface area contributed by atoms with Crippen LogP contribution in [0, 0.1) is 11.3 Å². The number of ether oxygens (including phenoxy) is 3. The van der Waals surface area contributed by atoms with Gasteiger partial charge in [-0.05, 0) is 31.5 Å². The molecule has 0 radical (unpaired) electrons. The number of unbranched alkanes of at least 4 members (excludes halogenated alkanes) is 15. The van der Waals surface area contributed by atoms with Crippen molar-refractivity contribution in [1.82, 2.24) is 24.8 Å². The van der Waals surface area contributed by atoms with Crippen molar-refractivity contribution in [3.63, 3.8) is 0 Å². The topological polar surface area (TPSA) is 230 Å². The van der Waals surface area contributed by atoms with E-state index in [4.69, 9.17) is 34.3 Å². The number of rotatable bonds is 28. The van der Waals surface area contributed by atoms with Gasteiger partial charge in [-0.2, -0.15) is 10.4 Å². The Morgan fingerprint density at radius 3 is 2.18 bits per heavy atom. The Bertz CT molecular complexity index is 1640. The lowest BCUT2D eigenvalue weighted by Crippen LogP contribution is -2.39. The van der Waals surface area contributed by atoms with Crippen LogP contribution in [0.2, 0.25) is 0 Å². The second kappa shape index (κ2) is 23.1. The van der Waals surface area contributed by atoms with Crippen molar-refractivity contribution in [2.24, 2.45) is 0 Å². The first-order valence-corrected chi connectivity index (χ1v) is 21.3. The molecule has 0 aromatic carbocycles. The second-order valence-electron chi connectivity index (χ2n) is 14.4. The van der Waals surface area contributed by atoms with Gasteiger partial charge in [-0.15, -0.1) is 10.2 Å². The Balaban J connectivity index is 1.18. The van der Waals surface area contributed by atoms with E-state index < -0.39 is 44.4 Å². The highest BCUT2D eigenvalue weighted by Crippen LogP contribution is 2.47. The minimum Gasteiger partial charge on any atom is -0.474 e. The van der Waals surface area contributed by atoms with Crippen molar-refractivity contribution in [2.75, 3.05) is 32.2 Å². The maximum atomic E-state index is 13.2. The summed E-state index contributed by atoms with van der Waals surface area (Å²) < 4.78 is 42.8. The van der Waals surface area contributed by atoms with E-state index in [0.29, 0.717) is 17.8 Å². The van der Waals surface area contributed by atoms with Crippen LogP contribution in [0.15, 0.2) is 30.6 Å². The number of nitrogen functional groups attached to an aromatic ring is 1. The maximum absolute atomic E-state index is 13.2. The number of hydrogen-bond acceptors (Lipinski definition) is 14. The molecule has 0 bridgehead atoms. The molecule has 1 aliphatic heterocycles. The fraction of sp³-hybridized carbons (Fsp3) is 0.711. The van der Waals surface area contributed by atoms with Crippen molar-refractivity contribution < 1.29 is 42.9 Å². The van der Waals surface area contributed by atoms with Crippen LogP contribution in [0.1, 0.15) is 128 Å². The molecule has 306 valence electrons. The molecule has 1 aliphatic rings. The van der Waals surface area contributed by atoms with E-state index in [0.717, 1.165) is 19.3 Å². The quantitative estimate of drug-likeness (QED) is 0.0476. The van der Waals surface area contributed by atoms with Gasteiger partial charge in [0.15, 0.2) is 11.5 Å². The predicted molar refractivity (Wildman–Crippen MR) is 205 cm³/mol. The van der Waals surface area contributed by atoms with Crippen LogP contribution >= 0.6 is 7.82 Å². The van der Waals surface area contributed by atoms with Crippen LogP contribution in [0.4, 0.5) is 5.82 Å². The summed E-state index contributed by atoms with van der Waals surface area (Å²) in [6.45, 7) is 3.34. The molecule has 16 nitrogen and oxygen atoms in total. The smallest absolute Gasteiger partial charge is 0.472 e. The van der Waals surface area contributed by atoms with Gasteiger partial charge in [-0.25, -0.2) is 14.1 Å². The molecule has 4 heterocycles. The largest absolute Gasteiger partial charge is 0.474 e. The first kappa shape index (κ1) is 44.5. The monoisotopic (exact) mass is 789 g/mol. The Labute approximate surface area is 324 Å². The highest BCUT2D eigenvalue weighted by atomic mass is 31.2. The second-order valence-corrected chi connectivity index (χ2v) is 15.8. The maximum Gasteiger partial charge on any atom is 0.472 e. The summed E-state index contributed by atoms with van der Waals surface area (Å²) in [4.78, 5) is 14.7. The average molecular weight is 790 g/mol. The van der Waals surface area contributed by atoms with Gasteiger partial charge in [0.1, 0.15) is 54.5 Å². The van der Waals surface area contributed by atoms with E-state index in [1.165, 1.54) is 106 Å². The lowest BCUT2D eigenvalue weighted by molar-refractivity contribution is -0.0900. The highest BCUT2D eigenvalue weighted by molar-refractivity contribution is 7.47. The minimum atomic E-state index is -4.78.